The maximum Gasteiger partial charge on any atom is 0.269 e. The highest BCUT2D eigenvalue weighted by Gasteiger charge is 2.48. The van der Waals surface area contributed by atoms with Crippen molar-refractivity contribution in [2.75, 3.05) is 26.3 Å². The number of ether oxygens (including phenoxy) is 1. The van der Waals surface area contributed by atoms with Crippen LogP contribution >= 0.6 is 0 Å². The molecule has 2 N–H and O–H groups in total. The highest BCUT2D eigenvalue weighted by Crippen LogP contribution is 2.40. The number of carbonyl (C=O) groups is 1. The SMILES string of the molecule is CC(NC(=O)C1(C2CCOCC2)CCNC1)c1cccc([N+](=O)[O-])c1. The summed E-state index contributed by atoms with van der Waals surface area (Å²) in [6.07, 6.45) is 2.63. The molecule has 2 saturated heterocycles. The Morgan fingerprint density at radius 1 is 1.44 bits per heavy atom. The molecule has 25 heavy (non-hydrogen) atoms. The number of benzene rings is 1. The average Bonchev–Trinajstić information content (AvgIpc) is 3.13. The van der Waals surface area contributed by atoms with Crippen LogP contribution in [0.25, 0.3) is 0 Å². The van der Waals surface area contributed by atoms with Gasteiger partial charge in [0.15, 0.2) is 0 Å². The van der Waals surface area contributed by atoms with Gasteiger partial charge in [0.05, 0.1) is 16.4 Å². The zero-order valence-corrected chi connectivity index (χ0v) is 14.5. The third-order valence-corrected chi connectivity index (χ3v) is 5.57. The van der Waals surface area contributed by atoms with E-state index in [1.54, 1.807) is 6.07 Å². The van der Waals surface area contributed by atoms with Crippen molar-refractivity contribution in [1.82, 2.24) is 10.6 Å². The molecule has 0 aliphatic carbocycles. The number of carbonyl (C=O) groups excluding carboxylic acids is 1. The number of non-ortho nitro benzene ring substituents is 1. The van der Waals surface area contributed by atoms with Gasteiger partial charge in [0.2, 0.25) is 5.91 Å². The number of hydrogen-bond donors (Lipinski definition) is 2. The number of hydrogen-bond acceptors (Lipinski definition) is 5. The number of rotatable bonds is 5. The summed E-state index contributed by atoms with van der Waals surface area (Å²) in [5.41, 5.74) is 0.384. The lowest BCUT2D eigenvalue weighted by atomic mass is 9.70. The molecule has 0 spiro atoms. The fraction of sp³-hybridized carbons (Fsp3) is 0.611. The molecule has 0 aromatic heterocycles. The van der Waals surface area contributed by atoms with Gasteiger partial charge in [0, 0.05) is 31.9 Å². The molecule has 1 aromatic carbocycles. The van der Waals surface area contributed by atoms with Crippen LogP contribution in [0.3, 0.4) is 0 Å². The summed E-state index contributed by atoms with van der Waals surface area (Å²) >= 11 is 0. The molecule has 2 heterocycles. The molecule has 2 atom stereocenters. The third-order valence-electron chi connectivity index (χ3n) is 5.57. The second kappa shape index (κ2) is 7.49. The van der Waals surface area contributed by atoms with Gasteiger partial charge in [-0.2, -0.15) is 0 Å². The fourth-order valence-corrected chi connectivity index (χ4v) is 4.02. The van der Waals surface area contributed by atoms with E-state index in [1.807, 2.05) is 13.0 Å². The highest BCUT2D eigenvalue weighted by molar-refractivity contribution is 5.84. The van der Waals surface area contributed by atoms with Crippen LogP contribution < -0.4 is 10.6 Å². The van der Waals surface area contributed by atoms with Crippen LogP contribution in [0.5, 0.6) is 0 Å². The van der Waals surface area contributed by atoms with Gasteiger partial charge >= 0.3 is 0 Å². The quantitative estimate of drug-likeness (QED) is 0.629. The molecule has 2 aliphatic heterocycles. The van der Waals surface area contributed by atoms with Crippen LogP contribution in [0.2, 0.25) is 0 Å². The van der Waals surface area contributed by atoms with Gasteiger partial charge in [-0.15, -0.1) is 0 Å². The third kappa shape index (κ3) is 3.67. The normalized spacial score (nSPS) is 25.5. The minimum Gasteiger partial charge on any atom is -0.381 e. The van der Waals surface area contributed by atoms with Crippen LogP contribution in [-0.2, 0) is 9.53 Å². The Bertz CT molecular complexity index is 637. The van der Waals surface area contributed by atoms with E-state index in [0.717, 1.165) is 31.4 Å². The molecule has 136 valence electrons. The molecule has 1 amide bonds. The summed E-state index contributed by atoms with van der Waals surface area (Å²) in [5, 5.41) is 17.4. The number of nitrogens with one attached hydrogen (secondary N) is 2. The van der Waals surface area contributed by atoms with E-state index in [2.05, 4.69) is 10.6 Å². The van der Waals surface area contributed by atoms with Crippen molar-refractivity contribution in [1.29, 1.82) is 0 Å². The molecule has 1 aromatic rings. The van der Waals surface area contributed by atoms with Crippen molar-refractivity contribution in [2.24, 2.45) is 11.3 Å². The zero-order chi connectivity index (χ0) is 17.9. The van der Waals surface area contributed by atoms with Crippen LogP contribution in [0.15, 0.2) is 24.3 Å². The molecule has 0 radical (unpaired) electrons. The fourth-order valence-electron chi connectivity index (χ4n) is 4.02. The smallest absolute Gasteiger partial charge is 0.269 e. The topological polar surface area (TPSA) is 93.5 Å². The molecule has 0 bridgehead atoms. The number of amides is 1. The average molecular weight is 347 g/mol. The van der Waals surface area contributed by atoms with Gasteiger partial charge in [0.25, 0.3) is 5.69 Å². The zero-order valence-electron chi connectivity index (χ0n) is 14.5. The summed E-state index contributed by atoms with van der Waals surface area (Å²) in [6.45, 7) is 4.82. The monoisotopic (exact) mass is 347 g/mol. The second-order valence-corrected chi connectivity index (χ2v) is 7.02. The Morgan fingerprint density at radius 2 is 2.20 bits per heavy atom. The maximum absolute atomic E-state index is 13.1. The second-order valence-electron chi connectivity index (χ2n) is 7.02. The van der Waals surface area contributed by atoms with Crippen LogP contribution in [0.1, 0.15) is 37.8 Å². The summed E-state index contributed by atoms with van der Waals surface area (Å²) in [6, 6.07) is 6.18. The lowest BCUT2D eigenvalue weighted by Crippen LogP contribution is -2.49. The molecule has 7 nitrogen and oxygen atoms in total. The maximum atomic E-state index is 13.1. The van der Waals surface area contributed by atoms with Crippen molar-refractivity contribution >= 4 is 11.6 Å². The van der Waals surface area contributed by atoms with E-state index < -0.39 is 10.3 Å². The Morgan fingerprint density at radius 3 is 2.84 bits per heavy atom. The van der Waals surface area contributed by atoms with Gasteiger partial charge < -0.3 is 15.4 Å². The standard InChI is InChI=1S/C18H25N3O4/c1-13(14-3-2-4-16(11-14)21(23)24)20-17(22)18(7-8-19-12-18)15-5-9-25-10-6-15/h2-4,11,13,15,19H,5-10,12H2,1H3,(H,20,22). The van der Waals surface area contributed by atoms with E-state index in [9.17, 15) is 14.9 Å². The largest absolute Gasteiger partial charge is 0.381 e. The van der Waals surface area contributed by atoms with Crippen molar-refractivity contribution in [3.05, 3.63) is 39.9 Å². The minimum atomic E-state index is -0.414. The van der Waals surface area contributed by atoms with Crippen molar-refractivity contribution in [3.8, 4) is 0 Å². The minimum absolute atomic E-state index is 0.0419. The number of nitro benzene ring substituents is 1. The molecular formula is C18H25N3O4. The molecule has 2 unspecified atom stereocenters. The van der Waals surface area contributed by atoms with Crippen LogP contribution in [0.4, 0.5) is 5.69 Å². The van der Waals surface area contributed by atoms with Crippen LogP contribution in [0, 0.1) is 21.4 Å². The lowest BCUT2D eigenvalue weighted by Gasteiger charge is -2.38. The van der Waals surface area contributed by atoms with Crippen LogP contribution in [-0.4, -0.2) is 37.1 Å². The van der Waals surface area contributed by atoms with E-state index in [-0.39, 0.29) is 17.6 Å². The van der Waals surface area contributed by atoms with Gasteiger partial charge in [-0.3, -0.25) is 14.9 Å². The van der Waals surface area contributed by atoms with Gasteiger partial charge in [-0.25, -0.2) is 0 Å². The predicted octanol–water partition coefficient (Wildman–Crippen LogP) is 2.18. The van der Waals surface area contributed by atoms with E-state index >= 15 is 0 Å². The first-order valence-corrected chi connectivity index (χ1v) is 8.87. The molecule has 3 rings (SSSR count). The molecule has 2 aliphatic rings. The Balaban J connectivity index is 1.75. The summed E-state index contributed by atoms with van der Waals surface area (Å²) < 4.78 is 5.45. The van der Waals surface area contributed by atoms with Gasteiger partial charge in [0.1, 0.15) is 0 Å². The highest BCUT2D eigenvalue weighted by atomic mass is 16.6. The van der Waals surface area contributed by atoms with Crippen molar-refractivity contribution in [2.45, 2.75) is 32.2 Å². The molecular weight excluding hydrogens is 322 g/mol. The van der Waals surface area contributed by atoms with Gasteiger partial charge in [-0.1, -0.05) is 12.1 Å². The Kier molecular flexibility index (Phi) is 5.34. The number of nitro groups is 1. The summed E-state index contributed by atoms with van der Waals surface area (Å²) in [7, 11) is 0. The first kappa shape index (κ1) is 17.8. The Hall–Kier alpha value is -1.99. The molecule has 0 saturated carbocycles. The lowest BCUT2D eigenvalue weighted by molar-refractivity contribution is -0.384. The first-order chi connectivity index (χ1) is 12.0. The Labute approximate surface area is 147 Å². The summed E-state index contributed by atoms with van der Waals surface area (Å²) in [5.74, 6) is 0.358. The molecule has 2 fully saturated rings. The predicted molar refractivity (Wildman–Crippen MR) is 93.1 cm³/mol. The van der Waals surface area contributed by atoms with E-state index in [1.165, 1.54) is 12.1 Å². The molecule has 7 heteroatoms. The number of nitrogens with zero attached hydrogens (tertiary/aromatic N) is 1. The van der Waals surface area contributed by atoms with Crippen molar-refractivity contribution in [3.63, 3.8) is 0 Å². The summed E-state index contributed by atoms with van der Waals surface area (Å²) in [4.78, 5) is 23.7. The van der Waals surface area contributed by atoms with Gasteiger partial charge in [-0.05, 0) is 44.2 Å². The van der Waals surface area contributed by atoms with Crippen molar-refractivity contribution < 1.29 is 14.5 Å². The van der Waals surface area contributed by atoms with E-state index in [0.29, 0.717) is 25.7 Å². The first-order valence-electron chi connectivity index (χ1n) is 8.87. The van der Waals surface area contributed by atoms with E-state index in [4.69, 9.17) is 4.74 Å².